The maximum atomic E-state index is 11.5. The molecule has 0 bridgehead atoms. The van der Waals surface area contributed by atoms with E-state index in [1.807, 2.05) is 31.2 Å². The third-order valence-corrected chi connectivity index (χ3v) is 4.37. The minimum absolute atomic E-state index is 0.0490. The summed E-state index contributed by atoms with van der Waals surface area (Å²) in [5.41, 5.74) is 3.17. The smallest absolute Gasteiger partial charge is 0.234 e. The van der Waals surface area contributed by atoms with E-state index in [0.29, 0.717) is 32.9 Å². The Labute approximate surface area is 165 Å². The number of ether oxygens (including phenoxy) is 2. The van der Waals surface area contributed by atoms with Gasteiger partial charge in [-0.15, -0.1) is 0 Å². The Morgan fingerprint density at radius 1 is 1.22 bits per heavy atom. The zero-order valence-corrected chi connectivity index (χ0v) is 16.6. The first kappa shape index (κ1) is 21.4. The lowest BCUT2D eigenvalue weighted by atomic mass is 9.94. The van der Waals surface area contributed by atoms with E-state index in [0.717, 1.165) is 22.0 Å². The Kier molecular flexibility index (Phi) is 9.35. The van der Waals surface area contributed by atoms with Crippen LogP contribution in [0.5, 0.6) is 0 Å². The van der Waals surface area contributed by atoms with Crippen molar-refractivity contribution in [1.29, 1.82) is 0 Å². The predicted molar refractivity (Wildman–Crippen MR) is 108 cm³/mol. The molecular weight excluding hydrogens is 366 g/mol. The molecule has 1 aliphatic rings. The second-order valence-corrected chi connectivity index (χ2v) is 6.69. The fourth-order valence-corrected chi connectivity index (χ4v) is 3.03. The number of benzene rings is 1. The van der Waals surface area contributed by atoms with Gasteiger partial charge in [-0.3, -0.25) is 4.79 Å². The number of carbonyl (C=O) groups is 1. The van der Waals surface area contributed by atoms with Gasteiger partial charge in [-0.1, -0.05) is 42.0 Å². The normalized spacial score (nSPS) is 16.3. The fourth-order valence-electron chi connectivity index (χ4n) is 2.76. The molecule has 1 unspecified atom stereocenters. The average molecular weight is 394 g/mol. The van der Waals surface area contributed by atoms with Crippen LogP contribution < -0.4 is 16.0 Å². The molecule has 7 heteroatoms. The molecule has 1 amide bonds. The lowest BCUT2D eigenvalue weighted by molar-refractivity contribution is -0.120. The standard InChI is InChI=1S/C20H28ClN3O3/c1-15-11-16(18-5-3-4-6-19(18)21)12-17(24-15)14-27-10-7-22-13-20(25)23-8-9-26-2/h3-6,11-12,16,22,24H,7-10,13-14H2,1-2H3,(H,23,25). The van der Waals surface area contributed by atoms with E-state index >= 15 is 0 Å². The molecule has 0 aliphatic carbocycles. The van der Waals surface area contributed by atoms with Crippen LogP contribution in [0.25, 0.3) is 0 Å². The van der Waals surface area contributed by atoms with E-state index in [9.17, 15) is 4.79 Å². The molecular formula is C20H28ClN3O3. The highest BCUT2D eigenvalue weighted by Gasteiger charge is 2.15. The Morgan fingerprint density at radius 3 is 2.81 bits per heavy atom. The van der Waals surface area contributed by atoms with Crippen molar-refractivity contribution >= 4 is 17.5 Å². The number of halogens is 1. The maximum absolute atomic E-state index is 11.5. The summed E-state index contributed by atoms with van der Waals surface area (Å²) in [6, 6.07) is 7.87. The van der Waals surface area contributed by atoms with Crippen LogP contribution in [-0.2, 0) is 14.3 Å². The molecule has 3 N–H and O–H groups in total. The van der Waals surface area contributed by atoms with Crippen LogP contribution in [0, 0.1) is 0 Å². The summed E-state index contributed by atoms with van der Waals surface area (Å²) in [4.78, 5) is 11.5. The van der Waals surface area contributed by atoms with E-state index in [2.05, 4.69) is 28.1 Å². The fraction of sp³-hybridized carbons (Fsp3) is 0.450. The molecule has 0 aromatic heterocycles. The molecule has 1 atom stereocenters. The van der Waals surface area contributed by atoms with Gasteiger partial charge in [0.05, 0.1) is 26.4 Å². The number of hydrogen-bond acceptors (Lipinski definition) is 5. The molecule has 0 fully saturated rings. The van der Waals surface area contributed by atoms with Gasteiger partial charge in [0.1, 0.15) is 0 Å². The topological polar surface area (TPSA) is 71.6 Å². The minimum Gasteiger partial charge on any atom is -0.383 e. The van der Waals surface area contributed by atoms with Crippen LogP contribution in [0.4, 0.5) is 0 Å². The van der Waals surface area contributed by atoms with Gasteiger partial charge >= 0.3 is 0 Å². The first-order valence-electron chi connectivity index (χ1n) is 9.05. The summed E-state index contributed by atoms with van der Waals surface area (Å²) < 4.78 is 10.6. The van der Waals surface area contributed by atoms with Crippen molar-refractivity contribution in [1.82, 2.24) is 16.0 Å². The SMILES string of the molecule is COCCNC(=O)CNCCOCC1=CC(c2ccccc2Cl)C=C(C)N1. The van der Waals surface area contributed by atoms with Gasteiger partial charge in [0.2, 0.25) is 5.91 Å². The second kappa shape index (κ2) is 11.8. The van der Waals surface area contributed by atoms with Crippen molar-refractivity contribution in [3.05, 3.63) is 58.4 Å². The van der Waals surface area contributed by atoms with E-state index < -0.39 is 0 Å². The maximum Gasteiger partial charge on any atom is 0.234 e. The molecule has 0 saturated heterocycles. The Balaban J connectivity index is 1.70. The van der Waals surface area contributed by atoms with Gasteiger partial charge in [-0.2, -0.15) is 0 Å². The lowest BCUT2D eigenvalue weighted by Crippen LogP contribution is -2.36. The first-order valence-corrected chi connectivity index (χ1v) is 9.42. The molecule has 148 valence electrons. The summed E-state index contributed by atoms with van der Waals surface area (Å²) in [5, 5.41) is 9.90. The molecule has 1 heterocycles. The highest BCUT2D eigenvalue weighted by atomic mass is 35.5. The van der Waals surface area contributed by atoms with E-state index in [4.69, 9.17) is 21.1 Å². The summed E-state index contributed by atoms with van der Waals surface area (Å²) in [5.74, 6) is 0.0829. The van der Waals surface area contributed by atoms with Crippen molar-refractivity contribution in [2.75, 3.05) is 46.6 Å². The Hall–Kier alpha value is -1.86. The molecule has 0 spiro atoms. The van der Waals surface area contributed by atoms with Crippen LogP contribution in [0.3, 0.4) is 0 Å². The molecule has 27 heavy (non-hydrogen) atoms. The summed E-state index contributed by atoms with van der Waals surface area (Å²) in [6.45, 7) is 4.93. The number of hydrogen-bond donors (Lipinski definition) is 3. The lowest BCUT2D eigenvalue weighted by Gasteiger charge is -2.22. The number of carbonyl (C=O) groups excluding carboxylic acids is 1. The summed E-state index contributed by atoms with van der Waals surface area (Å²) in [7, 11) is 1.60. The Morgan fingerprint density at radius 2 is 2.04 bits per heavy atom. The Bertz CT molecular complexity index is 676. The van der Waals surface area contributed by atoms with Gasteiger partial charge in [0, 0.05) is 42.5 Å². The zero-order chi connectivity index (χ0) is 19.5. The summed E-state index contributed by atoms with van der Waals surface area (Å²) in [6.07, 6.45) is 4.28. The quantitative estimate of drug-likeness (QED) is 0.503. The van der Waals surface area contributed by atoms with E-state index in [1.54, 1.807) is 7.11 Å². The molecule has 2 rings (SSSR count). The van der Waals surface area contributed by atoms with Crippen LogP contribution in [0.1, 0.15) is 18.4 Å². The van der Waals surface area contributed by atoms with E-state index in [-0.39, 0.29) is 18.4 Å². The zero-order valence-electron chi connectivity index (χ0n) is 15.9. The van der Waals surface area contributed by atoms with Crippen LogP contribution in [-0.4, -0.2) is 52.5 Å². The monoisotopic (exact) mass is 393 g/mol. The van der Waals surface area contributed by atoms with Crippen molar-refractivity contribution in [3.8, 4) is 0 Å². The molecule has 6 nitrogen and oxygen atoms in total. The number of allylic oxidation sites excluding steroid dienone is 3. The van der Waals surface area contributed by atoms with Crippen LogP contribution in [0.2, 0.25) is 5.02 Å². The second-order valence-electron chi connectivity index (χ2n) is 6.29. The third kappa shape index (κ3) is 7.72. The van der Waals surface area contributed by atoms with Crippen LogP contribution >= 0.6 is 11.6 Å². The molecule has 1 aromatic rings. The van der Waals surface area contributed by atoms with Gasteiger partial charge in [-0.25, -0.2) is 0 Å². The highest BCUT2D eigenvalue weighted by molar-refractivity contribution is 6.31. The van der Waals surface area contributed by atoms with Crippen molar-refractivity contribution in [2.24, 2.45) is 0 Å². The van der Waals surface area contributed by atoms with Crippen molar-refractivity contribution < 1.29 is 14.3 Å². The number of rotatable bonds is 11. The highest BCUT2D eigenvalue weighted by Crippen LogP contribution is 2.30. The first-order chi connectivity index (χ1) is 13.1. The molecule has 0 saturated carbocycles. The van der Waals surface area contributed by atoms with Crippen molar-refractivity contribution in [3.63, 3.8) is 0 Å². The van der Waals surface area contributed by atoms with E-state index in [1.165, 1.54) is 0 Å². The van der Waals surface area contributed by atoms with Gasteiger partial charge in [-0.05, 0) is 18.6 Å². The van der Waals surface area contributed by atoms with Crippen LogP contribution in [0.15, 0.2) is 47.8 Å². The molecule has 0 radical (unpaired) electrons. The van der Waals surface area contributed by atoms with Gasteiger partial charge in [0.15, 0.2) is 0 Å². The summed E-state index contributed by atoms with van der Waals surface area (Å²) >= 11 is 6.32. The largest absolute Gasteiger partial charge is 0.383 e. The molecule has 1 aliphatic heterocycles. The number of methoxy groups -OCH3 is 1. The van der Waals surface area contributed by atoms with Gasteiger partial charge < -0.3 is 25.4 Å². The molecule has 1 aromatic carbocycles. The number of dihydropyridines is 1. The minimum atomic E-state index is -0.0490. The number of amides is 1. The van der Waals surface area contributed by atoms with Crippen molar-refractivity contribution in [2.45, 2.75) is 12.8 Å². The van der Waals surface area contributed by atoms with Gasteiger partial charge in [0.25, 0.3) is 0 Å². The number of nitrogens with one attached hydrogen (secondary N) is 3. The predicted octanol–water partition coefficient (Wildman–Crippen LogP) is 2.18. The third-order valence-electron chi connectivity index (χ3n) is 4.03. The average Bonchev–Trinajstić information content (AvgIpc) is 2.64.